The number of hydrogen-bond donors (Lipinski definition) is 0. The van der Waals surface area contributed by atoms with Crippen LogP contribution in [0.25, 0.3) is 0 Å². The zero-order chi connectivity index (χ0) is 41.3. The number of nitrogens with zero attached hydrogens (tertiary/aromatic N) is 1. The van der Waals surface area contributed by atoms with E-state index >= 15 is 0 Å². The number of ether oxygens (including phenoxy) is 4. The molecule has 0 spiro atoms. The highest BCUT2D eigenvalue weighted by Crippen LogP contribution is 2.23. The molecule has 0 atom stereocenters. The summed E-state index contributed by atoms with van der Waals surface area (Å²) >= 11 is 0. The summed E-state index contributed by atoms with van der Waals surface area (Å²) in [7, 11) is 3.90. The molecule has 0 fully saturated rings. The lowest BCUT2D eigenvalue weighted by Gasteiger charge is -2.18. The van der Waals surface area contributed by atoms with Crippen molar-refractivity contribution in [1.82, 2.24) is 4.90 Å². The van der Waals surface area contributed by atoms with Crippen molar-refractivity contribution in [1.29, 1.82) is 0 Å². The topological polar surface area (TPSA) is 91.4 Å². The molecule has 8 heteroatoms. The molecule has 0 aromatic carbocycles. The highest BCUT2D eigenvalue weighted by atomic mass is 16.7. The van der Waals surface area contributed by atoms with Crippen LogP contribution in [-0.4, -0.2) is 69.6 Å². The van der Waals surface area contributed by atoms with Gasteiger partial charge in [-0.2, -0.15) is 0 Å². The zero-order valence-corrected chi connectivity index (χ0v) is 38.0. The van der Waals surface area contributed by atoms with Gasteiger partial charge in [0.2, 0.25) is 0 Å². The second-order valence-corrected chi connectivity index (χ2v) is 17.0. The van der Waals surface area contributed by atoms with Crippen LogP contribution in [0.5, 0.6) is 0 Å². The number of unbranched alkanes of at least 4 members (excludes halogenated alkanes) is 16. The first-order valence-corrected chi connectivity index (χ1v) is 24.0. The molecule has 0 N–H and O–H groups in total. The van der Waals surface area contributed by atoms with E-state index in [-0.39, 0.29) is 18.0 Å². The Bertz CT molecular complexity index is 806. The van der Waals surface area contributed by atoms with Crippen LogP contribution < -0.4 is 0 Å². The van der Waals surface area contributed by atoms with Gasteiger partial charge in [0.05, 0.1) is 13.2 Å². The quantitative estimate of drug-likeness (QED) is 0.0343. The van der Waals surface area contributed by atoms with Gasteiger partial charge in [-0.15, -0.1) is 0 Å². The fraction of sp³-hybridized carbons (Fsp3) is 0.938. The number of likely N-dealkylation sites (N-methyl/N-ethyl adjacent to an activating group) is 1. The van der Waals surface area contributed by atoms with E-state index in [1.54, 1.807) is 0 Å². The average molecular weight is 796 g/mol. The van der Waals surface area contributed by atoms with E-state index in [4.69, 9.17) is 18.9 Å². The minimum atomic E-state index is -0.574. The maximum Gasteiger partial charge on any atom is 0.508 e. The van der Waals surface area contributed by atoms with Crippen molar-refractivity contribution in [3.8, 4) is 0 Å². The molecule has 0 aromatic heterocycles. The molecular weight excluding hydrogens is 703 g/mol. The number of hydrogen-bond acceptors (Lipinski definition) is 8. The van der Waals surface area contributed by atoms with Crippen LogP contribution in [0.15, 0.2) is 0 Å². The van der Waals surface area contributed by atoms with Gasteiger partial charge in [0.1, 0.15) is 12.7 Å². The van der Waals surface area contributed by atoms with Gasteiger partial charge in [-0.3, -0.25) is 9.59 Å². The number of rotatable bonds is 42. The Hall–Kier alpha value is -1.83. The SMILES string of the molecule is CCCCCC(CCCCC)CCOC(=O)CCCCCCCC(CCCCCCCC(=O)OCCC(CCCCC)CCCCC)OC(=O)OCCN(C)C. The summed E-state index contributed by atoms with van der Waals surface area (Å²) in [5, 5.41) is 0. The van der Waals surface area contributed by atoms with E-state index in [9.17, 15) is 14.4 Å². The van der Waals surface area contributed by atoms with Crippen LogP contribution in [-0.2, 0) is 28.5 Å². The van der Waals surface area contributed by atoms with E-state index in [2.05, 4.69) is 27.7 Å². The van der Waals surface area contributed by atoms with Gasteiger partial charge in [-0.05, 0) is 77.3 Å². The van der Waals surface area contributed by atoms with Crippen LogP contribution in [0.3, 0.4) is 0 Å². The molecule has 0 bridgehead atoms. The normalized spacial score (nSPS) is 11.6. The van der Waals surface area contributed by atoms with Crippen LogP contribution in [0.2, 0.25) is 0 Å². The molecule has 0 amide bonds. The van der Waals surface area contributed by atoms with Crippen molar-refractivity contribution >= 4 is 18.1 Å². The second kappa shape index (κ2) is 41.3. The van der Waals surface area contributed by atoms with Crippen LogP contribution >= 0.6 is 0 Å². The maximum absolute atomic E-state index is 12.4. The van der Waals surface area contributed by atoms with E-state index in [0.29, 0.717) is 51.0 Å². The van der Waals surface area contributed by atoms with Crippen molar-refractivity contribution in [2.45, 2.75) is 239 Å². The summed E-state index contributed by atoms with van der Waals surface area (Å²) in [6.07, 6.45) is 34.2. The summed E-state index contributed by atoms with van der Waals surface area (Å²) in [5.74, 6) is 1.26. The zero-order valence-electron chi connectivity index (χ0n) is 38.0. The van der Waals surface area contributed by atoms with Crippen molar-refractivity contribution in [2.24, 2.45) is 11.8 Å². The Labute approximate surface area is 347 Å². The Balaban J connectivity index is 4.35. The maximum atomic E-state index is 12.4. The van der Waals surface area contributed by atoms with E-state index in [1.165, 1.54) is 103 Å². The molecule has 56 heavy (non-hydrogen) atoms. The van der Waals surface area contributed by atoms with Crippen LogP contribution in [0.4, 0.5) is 4.79 Å². The molecular formula is C48H93NO7. The Morgan fingerprint density at radius 2 is 0.768 bits per heavy atom. The summed E-state index contributed by atoms with van der Waals surface area (Å²) in [6, 6.07) is 0. The molecule has 0 aromatic rings. The molecule has 0 saturated carbocycles. The lowest BCUT2D eigenvalue weighted by molar-refractivity contribution is -0.145. The van der Waals surface area contributed by atoms with E-state index < -0.39 is 6.16 Å². The lowest BCUT2D eigenvalue weighted by Crippen LogP contribution is -2.23. The third kappa shape index (κ3) is 37.7. The van der Waals surface area contributed by atoms with Gasteiger partial charge in [-0.1, -0.05) is 169 Å². The molecule has 8 nitrogen and oxygen atoms in total. The van der Waals surface area contributed by atoms with Crippen LogP contribution in [0.1, 0.15) is 233 Å². The fourth-order valence-corrected chi connectivity index (χ4v) is 7.51. The van der Waals surface area contributed by atoms with Gasteiger partial charge < -0.3 is 23.8 Å². The molecule has 0 aliphatic carbocycles. The van der Waals surface area contributed by atoms with Gasteiger partial charge in [0, 0.05) is 19.4 Å². The minimum absolute atomic E-state index is 0.0540. The van der Waals surface area contributed by atoms with Crippen LogP contribution in [0, 0.1) is 11.8 Å². The molecule has 0 radical (unpaired) electrons. The molecule has 0 aliphatic rings. The highest BCUT2D eigenvalue weighted by Gasteiger charge is 2.16. The number of carbonyl (C=O) groups excluding carboxylic acids is 3. The molecule has 0 aliphatic heterocycles. The summed E-state index contributed by atoms with van der Waals surface area (Å²) < 4.78 is 22.3. The first kappa shape index (κ1) is 54.2. The molecule has 0 heterocycles. The third-order valence-corrected chi connectivity index (χ3v) is 11.3. The minimum Gasteiger partial charge on any atom is -0.466 e. The summed E-state index contributed by atoms with van der Waals surface area (Å²) in [5.41, 5.74) is 0. The molecule has 0 unspecified atom stereocenters. The monoisotopic (exact) mass is 796 g/mol. The van der Waals surface area contributed by atoms with E-state index in [1.807, 2.05) is 19.0 Å². The number of esters is 2. The summed E-state index contributed by atoms with van der Waals surface area (Å²) in [4.78, 5) is 39.1. The molecule has 0 rings (SSSR count). The Morgan fingerprint density at radius 1 is 0.411 bits per heavy atom. The number of carbonyl (C=O) groups is 3. The van der Waals surface area contributed by atoms with Crippen molar-refractivity contribution in [3.63, 3.8) is 0 Å². The first-order chi connectivity index (χ1) is 27.2. The van der Waals surface area contributed by atoms with Gasteiger partial charge >= 0.3 is 18.1 Å². The van der Waals surface area contributed by atoms with E-state index in [0.717, 1.165) is 89.9 Å². The summed E-state index contributed by atoms with van der Waals surface area (Å²) in [6.45, 7) is 11.1. The van der Waals surface area contributed by atoms with Gasteiger partial charge in [0.15, 0.2) is 0 Å². The smallest absolute Gasteiger partial charge is 0.466 e. The van der Waals surface area contributed by atoms with Gasteiger partial charge in [-0.25, -0.2) is 4.79 Å². The first-order valence-electron chi connectivity index (χ1n) is 24.0. The van der Waals surface area contributed by atoms with Crippen molar-refractivity contribution < 1.29 is 33.3 Å². The molecule has 332 valence electrons. The molecule has 0 saturated heterocycles. The second-order valence-electron chi connectivity index (χ2n) is 17.0. The van der Waals surface area contributed by atoms with Gasteiger partial charge in [0.25, 0.3) is 0 Å². The third-order valence-electron chi connectivity index (χ3n) is 11.3. The lowest BCUT2D eigenvalue weighted by atomic mass is 9.92. The largest absolute Gasteiger partial charge is 0.508 e. The Morgan fingerprint density at radius 3 is 1.14 bits per heavy atom. The predicted octanol–water partition coefficient (Wildman–Crippen LogP) is 14.0. The predicted molar refractivity (Wildman–Crippen MR) is 234 cm³/mol. The average Bonchev–Trinajstić information content (AvgIpc) is 3.16. The fourth-order valence-electron chi connectivity index (χ4n) is 7.51. The van der Waals surface area contributed by atoms with Crippen molar-refractivity contribution in [2.75, 3.05) is 40.5 Å². The standard InChI is InChI=1S/C48H93NO7/c1-7-11-21-29-43(30-22-12-8-2)37-40-53-46(50)35-27-19-15-17-25-33-45(56-48(52)55-42-39-49(5)6)34-26-18-16-20-28-36-47(51)54-41-38-44(31-23-13-9-3)32-24-14-10-4/h43-45H,7-42H2,1-6H3. The Kier molecular flexibility index (Phi) is 40.0. The van der Waals surface area contributed by atoms with Crippen molar-refractivity contribution in [3.05, 3.63) is 0 Å². The highest BCUT2D eigenvalue weighted by molar-refractivity contribution is 5.69.